The second kappa shape index (κ2) is 8.64. The van der Waals surface area contributed by atoms with Gasteiger partial charge in [-0.15, -0.1) is 11.3 Å². The largest absolute Gasteiger partial charge is 0.465 e. The van der Waals surface area contributed by atoms with Crippen molar-refractivity contribution in [1.82, 2.24) is 4.31 Å². The Bertz CT molecular complexity index is 1040. The van der Waals surface area contributed by atoms with E-state index in [0.29, 0.717) is 16.1 Å². The van der Waals surface area contributed by atoms with Gasteiger partial charge in [-0.1, -0.05) is 12.1 Å². The van der Waals surface area contributed by atoms with Crippen molar-refractivity contribution in [2.24, 2.45) is 0 Å². The van der Waals surface area contributed by atoms with Crippen LogP contribution in [0.2, 0.25) is 0 Å². The molecule has 2 aromatic rings. The molecule has 1 aliphatic rings. The first-order valence-electron chi connectivity index (χ1n) is 9.28. The summed E-state index contributed by atoms with van der Waals surface area (Å²) in [7, 11) is 0.612. The molecule has 7 nitrogen and oxygen atoms in total. The van der Waals surface area contributed by atoms with Crippen LogP contribution in [0.5, 0.6) is 0 Å². The zero-order valence-electron chi connectivity index (χ0n) is 16.6. The number of sulfonamides is 1. The molecule has 0 radical (unpaired) electrons. The number of fused-ring (bicyclic) bond motifs is 1. The maximum atomic E-state index is 12.7. The monoisotopic (exact) mass is 436 g/mol. The highest BCUT2D eigenvalue weighted by Gasteiger charge is 2.26. The number of ether oxygens (including phenoxy) is 1. The Morgan fingerprint density at radius 3 is 2.62 bits per heavy atom. The van der Waals surface area contributed by atoms with E-state index in [-0.39, 0.29) is 17.2 Å². The van der Waals surface area contributed by atoms with E-state index in [1.165, 1.54) is 44.7 Å². The van der Waals surface area contributed by atoms with E-state index in [4.69, 9.17) is 4.74 Å². The maximum absolute atomic E-state index is 12.7. The van der Waals surface area contributed by atoms with Gasteiger partial charge in [0.1, 0.15) is 5.00 Å². The lowest BCUT2D eigenvalue weighted by Crippen LogP contribution is -2.23. The second-order valence-corrected chi connectivity index (χ2v) is 10.3. The number of benzene rings is 1. The number of aryl methyl sites for hydroxylation is 1. The van der Waals surface area contributed by atoms with Crippen LogP contribution in [0.3, 0.4) is 0 Å². The van der Waals surface area contributed by atoms with Gasteiger partial charge in [-0.25, -0.2) is 17.5 Å². The maximum Gasteiger partial charge on any atom is 0.341 e. The molecule has 9 heteroatoms. The number of nitrogens with zero attached hydrogens (tertiary/aromatic N) is 1. The lowest BCUT2D eigenvalue weighted by Gasteiger charge is -2.12. The number of ketones is 1. The third-order valence-electron chi connectivity index (χ3n) is 4.90. The molecule has 1 aliphatic carbocycles. The lowest BCUT2D eigenvalue weighted by atomic mass is 9.95. The topological polar surface area (TPSA) is 92.8 Å². The Balaban J connectivity index is 1.82. The summed E-state index contributed by atoms with van der Waals surface area (Å²) in [6.07, 6.45) is 3.86. The van der Waals surface area contributed by atoms with Crippen LogP contribution in [0.15, 0.2) is 29.2 Å². The molecule has 0 saturated heterocycles. The minimum absolute atomic E-state index is 0.0468. The average molecular weight is 437 g/mol. The van der Waals surface area contributed by atoms with Crippen molar-refractivity contribution in [2.45, 2.75) is 30.6 Å². The molecule has 1 aromatic heterocycles. The fraction of sp³-hybridized carbons (Fsp3) is 0.400. The molecule has 1 N–H and O–H groups in total. The van der Waals surface area contributed by atoms with Gasteiger partial charge in [0.15, 0.2) is 5.78 Å². The van der Waals surface area contributed by atoms with Gasteiger partial charge in [0.25, 0.3) is 0 Å². The lowest BCUT2D eigenvalue weighted by molar-refractivity contribution is 0.0600. The highest BCUT2D eigenvalue weighted by molar-refractivity contribution is 7.89. The Morgan fingerprint density at radius 1 is 1.21 bits per heavy atom. The number of esters is 1. The Hall–Kier alpha value is -2.23. The number of carbonyl (C=O) groups is 2. The molecule has 0 bridgehead atoms. The number of thiophene rings is 1. The molecule has 0 fully saturated rings. The minimum atomic E-state index is -3.62. The second-order valence-electron chi connectivity index (χ2n) is 7.00. The fourth-order valence-corrected chi connectivity index (χ4v) is 5.53. The van der Waals surface area contributed by atoms with Crippen molar-refractivity contribution in [3.8, 4) is 0 Å². The van der Waals surface area contributed by atoms with E-state index in [1.54, 1.807) is 12.1 Å². The van der Waals surface area contributed by atoms with Gasteiger partial charge in [-0.05, 0) is 43.4 Å². The molecule has 29 heavy (non-hydrogen) atoms. The summed E-state index contributed by atoms with van der Waals surface area (Å²) >= 11 is 1.49. The molecule has 0 saturated carbocycles. The van der Waals surface area contributed by atoms with E-state index in [2.05, 4.69) is 5.32 Å². The summed E-state index contributed by atoms with van der Waals surface area (Å²) in [5.41, 5.74) is 1.83. The number of anilines is 1. The molecular formula is C20H24N2O5S2. The molecular weight excluding hydrogens is 412 g/mol. The van der Waals surface area contributed by atoms with Gasteiger partial charge >= 0.3 is 5.97 Å². The van der Waals surface area contributed by atoms with Gasteiger partial charge < -0.3 is 10.1 Å². The number of Topliss-reactive ketones (excluding diaryl/α,β-unsaturated/α-hetero) is 1. The number of methoxy groups -OCH3 is 1. The van der Waals surface area contributed by atoms with Crippen LogP contribution >= 0.6 is 11.3 Å². The van der Waals surface area contributed by atoms with Gasteiger partial charge in [0.05, 0.1) is 24.1 Å². The van der Waals surface area contributed by atoms with Gasteiger partial charge in [0, 0.05) is 24.5 Å². The van der Waals surface area contributed by atoms with Crippen LogP contribution in [0, 0.1) is 0 Å². The van der Waals surface area contributed by atoms with E-state index < -0.39 is 16.0 Å². The van der Waals surface area contributed by atoms with Crippen LogP contribution < -0.4 is 5.32 Å². The van der Waals surface area contributed by atoms with Crippen LogP contribution in [-0.2, 0) is 27.6 Å². The molecule has 0 atom stereocenters. The van der Waals surface area contributed by atoms with Crippen LogP contribution in [0.4, 0.5) is 5.00 Å². The summed E-state index contributed by atoms with van der Waals surface area (Å²) in [6, 6.07) is 5.97. The van der Waals surface area contributed by atoms with Crippen molar-refractivity contribution in [1.29, 1.82) is 0 Å². The first-order valence-corrected chi connectivity index (χ1v) is 11.5. The number of nitrogens with one attached hydrogen (secondary N) is 1. The first-order chi connectivity index (χ1) is 13.8. The van der Waals surface area contributed by atoms with Crippen molar-refractivity contribution in [3.63, 3.8) is 0 Å². The Morgan fingerprint density at radius 2 is 1.93 bits per heavy atom. The average Bonchev–Trinajstić information content (AvgIpc) is 3.09. The number of hydrogen-bond acceptors (Lipinski definition) is 7. The third-order valence-corrected chi connectivity index (χ3v) is 7.97. The fourth-order valence-electron chi connectivity index (χ4n) is 3.31. The normalized spacial score (nSPS) is 13.8. The molecule has 1 aromatic carbocycles. The van der Waals surface area contributed by atoms with Gasteiger partial charge in [-0.3, -0.25) is 4.79 Å². The third kappa shape index (κ3) is 4.36. The predicted molar refractivity (Wildman–Crippen MR) is 112 cm³/mol. The van der Waals surface area contributed by atoms with Gasteiger partial charge in [0.2, 0.25) is 10.0 Å². The van der Waals surface area contributed by atoms with Crippen LogP contribution in [-0.4, -0.2) is 52.2 Å². The summed E-state index contributed by atoms with van der Waals surface area (Å²) < 4.78 is 30.6. The molecule has 1 heterocycles. The van der Waals surface area contributed by atoms with Crippen LogP contribution in [0.1, 0.15) is 44.0 Å². The molecule has 156 valence electrons. The van der Waals surface area contributed by atoms with Crippen molar-refractivity contribution >= 4 is 38.1 Å². The van der Waals surface area contributed by atoms with E-state index in [9.17, 15) is 18.0 Å². The molecule has 0 amide bonds. The molecule has 3 rings (SSSR count). The summed E-state index contributed by atoms with van der Waals surface area (Å²) in [5, 5.41) is 3.71. The van der Waals surface area contributed by atoms with Crippen molar-refractivity contribution in [3.05, 3.63) is 45.8 Å². The van der Waals surface area contributed by atoms with E-state index >= 15 is 0 Å². The Labute approximate surface area is 174 Å². The molecule has 0 unspecified atom stereocenters. The summed E-state index contributed by atoms with van der Waals surface area (Å²) in [6.45, 7) is -0.0468. The van der Waals surface area contributed by atoms with E-state index in [0.717, 1.165) is 40.4 Å². The molecule has 0 spiro atoms. The highest BCUT2D eigenvalue weighted by atomic mass is 32.2. The zero-order chi connectivity index (χ0) is 21.2. The highest BCUT2D eigenvalue weighted by Crippen LogP contribution is 2.38. The summed E-state index contributed by atoms with van der Waals surface area (Å²) in [4.78, 5) is 26.2. The minimum Gasteiger partial charge on any atom is -0.465 e. The number of rotatable bonds is 7. The Kier molecular flexibility index (Phi) is 6.40. The first kappa shape index (κ1) is 21.5. The zero-order valence-corrected chi connectivity index (χ0v) is 18.3. The number of hydrogen-bond donors (Lipinski definition) is 1. The standard InChI is InChI=1S/C20H24N2O5S2/c1-22(2)29(25,26)14-8-6-7-13(11-14)16(23)12-21-19-18(20(24)27-3)15-9-4-5-10-17(15)28-19/h6-8,11,21H,4-5,9-10,12H2,1-3H3. The quantitative estimate of drug-likeness (QED) is 0.530. The SMILES string of the molecule is COC(=O)c1c(NCC(=O)c2cccc(S(=O)(=O)N(C)C)c2)sc2c1CCCC2. The summed E-state index contributed by atoms with van der Waals surface area (Å²) in [5.74, 6) is -0.665. The van der Waals surface area contributed by atoms with Crippen LogP contribution in [0.25, 0.3) is 0 Å². The smallest absolute Gasteiger partial charge is 0.341 e. The predicted octanol–water partition coefficient (Wildman–Crippen LogP) is 2.96. The molecule has 0 aliphatic heterocycles. The van der Waals surface area contributed by atoms with E-state index in [1.807, 2.05) is 0 Å². The van der Waals surface area contributed by atoms with Crippen molar-refractivity contribution in [2.75, 3.05) is 33.1 Å². The van der Waals surface area contributed by atoms with Crippen molar-refractivity contribution < 1.29 is 22.7 Å². The number of carbonyl (C=O) groups excluding carboxylic acids is 2. The van der Waals surface area contributed by atoms with Gasteiger partial charge in [-0.2, -0.15) is 0 Å².